The van der Waals surface area contributed by atoms with Crippen molar-refractivity contribution in [3.8, 4) is 0 Å². The van der Waals surface area contributed by atoms with Crippen molar-refractivity contribution in [3.05, 3.63) is 52.8 Å². The predicted molar refractivity (Wildman–Crippen MR) is 71.6 cm³/mol. The molecule has 0 fully saturated rings. The maximum atomic E-state index is 6.14. The van der Waals surface area contributed by atoms with Crippen LogP contribution in [0.25, 0.3) is 0 Å². The maximum Gasteiger partial charge on any atom is 0.0643 e. The topological polar surface area (TPSA) is 50.9 Å². The molecule has 3 nitrogen and oxygen atoms in total. The Morgan fingerprint density at radius 3 is 2.71 bits per heavy atom. The summed E-state index contributed by atoms with van der Waals surface area (Å²) in [6.07, 6.45) is 1.75. The molecule has 2 aromatic rings. The molecule has 2 rings (SSSR count). The van der Waals surface area contributed by atoms with Crippen molar-refractivity contribution in [1.29, 1.82) is 0 Å². The number of nitrogens with two attached hydrogens (primary N) is 1. The molecule has 1 heterocycles. The molecule has 0 aliphatic carbocycles. The van der Waals surface area contributed by atoms with Crippen LogP contribution in [0.5, 0.6) is 0 Å². The van der Waals surface area contributed by atoms with Gasteiger partial charge in [0.15, 0.2) is 0 Å². The first-order valence-corrected chi connectivity index (χ1v) is 5.75. The molecule has 1 aromatic carbocycles. The normalized spacial score (nSPS) is 10.3. The summed E-state index contributed by atoms with van der Waals surface area (Å²) >= 11 is 6.14. The molecule has 0 spiro atoms. The Kier molecular flexibility index (Phi) is 3.61. The smallest absolute Gasteiger partial charge is 0.0643 e. The number of aromatic nitrogens is 1. The van der Waals surface area contributed by atoms with E-state index < -0.39 is 0 Å². The highest BCUT2D eigenvalue weighted by molar-refractivity contribution is 6.33. The number of hydrogen-bond donors (Lipinski definition) is 2. The lowest BCUT2D eigenvalue weighted by Crippen LogP contribution is -2.00. The van der Waals surface area contributed by atoms with Crippen LogP contribution in [-0.2, 0) is 6.54 Å². The van der Waals surface area contributed by atoms with Gasteiger partial charge >= 0.3 is 0 Å². The summed E-state index contributed by atoms with van der Waals surface area (Å²) in [6, 6.07) is 9.71. The van der Waals surface area contributed by atoms with Gasteiger partial charge < -0.3 is 11.1 Å². The van der Waals surface area contributed by atoms with Crippen LogP contribution in [0, 0.1) is 6.92 Å². The number of anilines is 2. The lowest BCUT2D eigenvalue weighted by Gasteiger charge is -2.09. The molecule has 17 heavy (non-hydrogen) atoms. The van der Waals surface area contributed by atoms with Crippen LogP contribution in [0.2, 0.25) is 5.02 Å². The Labute approximate surface area is 106 Å². The Morgan fingerprint density at radius 1 is 1.29 bits per heavy atom. The number of pyridine rings is 1. The molecule has 3 N–H and O–H groups in total. The summed E-state index contributed by atoms with van der Waals surface area (Å²) in [4.78, 5) is 4.21. The van der Waals surface area contributed by atoms with E-state index >= 15 is 0 Å². The van der Waals surface area contributed by atoms with Gasteiger partial charge in [-0.2, -0.15) is 0 Å². The van der Waals surface area contributed by atoms with E-state index in [-0.39, 0.29) is 0 Å². The minimum atomic E-state index is 0.450. The second-order valence-electron chi connectivity index (χ2n) is 3.85. The highest BCUT2D eigenvalue weighted by atomic mass is 35.5. The SMILES string of the molecule is Cc1ccc(Nc2ccc(CN)nc2)c(Cl)c1. The number of nitrogens with one attached hydrogen (secondary N) is 1. The van der Waals surface area contributed by atoms with Crippen LogP contribution in [0.1, 0.15) is 11.3 Å². The monoisotopic (exact) mass is 247 g/mol. The fourth-order valence-corrected chi connectivity index (χ4v) is 1.78. The Balaban J connectivity index is 2.19. The quantitative estimate of drug-likeness (QED) is 0.876. The molecule has 88 valence electrons. The molecule has 0 amide bonds. The maximum absolute atomic E-state index is 6.14. The second-order valence-corrected chi connectivity index (χ2v) is 4.26. The van der Waals surface area contributed by atoms with Crippen LogP contribution in [0.3, 0.4) is 0 Å². The Bertz CT molecular complexity index is 509. The van der Waals surface area contributed by atoms with Crippen molar-refractivity contribution in [1.82, 2.24) is 4.98 Å². The van der Waals surface area contributed by atoms with E-state index in [9.17, 15) is 0 Å². The molecule has 4 heteroatoms. The fourth-order valence-electron chi connectivity index (χ4n) is 1.50. The second kappa shape index (κ2) is 5.17. The molecule has 0 radical (unpaired) electrons. The van der Waals surface area contributed by atoms with Crippen LogP contribution in [-0.4, -0.2) is 4.98 Å². The van der Waals surface area contributed by atoms with Gasteiger partial charge in [-0.25, -0.2) is 0 Å². The standard InChI is InChI=1S/C13H14ClN3/c1-9-2-5-13(12(14)6-9)17-11-4-3-10(7-15)16-8-11/h2-6,8,17H,7,15H2,1H3. The summed E-state index contributed by atoms with van der Waals surface area (Å²) in [5, 5.41) is 3.92. The van der Waals surface area contributed by atoms with Crippen LogP contribution in [0.4, 0.5) is 11.4 Å². The molecule has 0 aliphatic heterocycles. The van der Waals surface area contributed by atoms with E-state index in [0.29, 0.717) is 11.6 Å². The molecule has 0 atom stereocenters. The van der Waals surface area contributed by atoms with Gasteiger partial charge in [0.1, 0.15) is 0 Å². The highest BCUT2D eigenvalue weighted by Gasteiger charge is 2.01. The van der Waals surface area contributed by atoms with E-state index in [0.717, 1.165) is 22.6 Å². The third-order valence-electron chi connectivity index (χ3n) is 2.44. The number of aryl methyl sites for hydroxylation is 1. The van der Waals surface area contributed by atoms with Gasteiger partial charge in [-0.3, -0.25) is 4.98 Å². The van der Waals surface area contributed by atoms with Gasteiger partial charge in [0.05, 0.1) is 28.3 Å². The molecule has 1 aromatic heterocycles. The minimum absolute atomic E-state index is 0.450. The van der Waals surface area contributed by atoms with Crippen molar-refractivity contribution in [2.75, 3.05) is 5.32 Å². The number of hydrogen-bond acceptors (Lipinski definition) is 3. The van der Waals surface area contributed by atoms with Crippen molar-refractivity contribution in [3.63, 3.8) is 0 Å². The summed E-state index contributed by atoms with van der Waals surface area (Å²) in [5.74, 6) is 0. The van der Waals surface area contributed by atoms with Gasteiger partial charge in [-0.05, 0) is 36.8 Å². The van der Waals surface area contributed by atoms with Gasteiger partial charge in [-0.1, -0.05) is 17.7 Å². The number of nitrogens with zero attached hydrogens (tertiary/aromatic N) is 1. The Morgan fingerprint density at radius 2 is 2.12 bits per heavy atom. The average molecular weight is 248 g/mol. The molecule has 0 saturated heterocycles. The predicted octanol–water partition coefficient (Wildman–Crippen LogP) is 3.25. The van der Waals surface area contributed by atoms with E-state index in [1.165, 1.54) is 0 Å². The zero-order chi connectivity index (χ0) is 12.3. The van der Waals surface area contributed by atoms with Crippen molar-refractivity contribution < 1.29 is 0 Å². The summed E-state index contributed by atoms with van der Waals surface area (Å²) in [5.41, 5.74) is 9.26. The molecule has 0 bridgehead atoms. The van der Waals surface area contributed by atoms with E-state index in [1.807, 2.05) is 37.3 Å². The largest absolute Gasteiger partial charge is 0.353 e. The van der Waals surface area contributed by atoms with E-state index in [2.05, 4.69) is 10.3 Å². The molecule has 0 saturated carbocycles. The van der Waals surface area contributed by atoms with Crippen LogP contribution < -0.4 is 11.1 Å². The van der Waals surface area contributed by atoms with Crippen molar-refractivity contribution in [2.24, 2.45) is 5.73 Å². The van der Waals surface area contributed by atoms with Gasteiger partial charge in [-0.15, -0.1) is 0 Å². The number of rotatable bonds is 3. The van der Waals surface area contributed by atoms with Gasteiger partial charge in [0.2, 0.25) is 0 Å². The molecule has 0 unspecified atom stereocenters. The zero-order valence-corrected chi connectivity index (χ0v) is 10.3. The fraction of sp³-hybridized carbons (Fsp3) is 0.154. The summed E-state index contributed by atoms with van der Waals surface area (Å²) in [7, 11) is 0. The lowest BCUT2D eigenvalue weighted by atomic mass is 10.2. The minimum Gasteiger partial charge on any atom is -0.353 e. The first kappa shape index (κ1) is 11.9. The summed E-state index contributed by atoms with van der Waals surface area (Å²) in [6.45, 7) is 2.46. The molecular weight excluding hydrogens is 234 g/mol. The van der Waals surface area contributed by atoms with Crippen molar-refractivity contribution in [2.45, 2.75) is 13.5 Å². The van der Waals surface area contributed by atoms with Crippen LogP contribution >= 0.6 is 11.6 Å². The van der Waals surface area contributed by atoms with Crippen LogP contribution in [0.15, 0.2) is 36.5 Å². The Hall–Kier alpha value is -1.58. The zero-order valence-electron chi connectivity index (χ0n) is 9.57. The summed E-state index contributed by atoms with van der Waals surface area (Å²) < 4.78 is 0. The van der Waals surface area contributed by atoms with E-state index in [1.54, 1.807) is 6.20 Å². The highest BCUT2D eigenvalue weighted by Crippen LogP contribution is 2.25. The first-order chi connectivity index (χ1) is 8.19. The van der Waals surface area contributed by atoms with E-state index in [4.69, 9.17) is 17.3 Å². The van der Waals surface area contributed by atoms with Crippen molar-refractivity contribution >= 4 is 23.0 Å². The molecule has 0 aliphatic rings. The lowest BCUT2D eigenvalue weighted by molar-refractivity contribution is 0.991. The average Bonchev–Trinajstić information content (AvgIpc) is 2.34. The van der Waals surface area contributed by atoms with Gasteiger partial charge in [0.25, 0.3) is 0 Å². The first-order valence-electron chi connectivity index (χ1n) is 5.37. The van der Waals surface area contributed by atoms with Gasteiger partial charge in [0, 0.05) is 6.54 Å². The number of benzene rings is 1. The third kappa shape index (κ3) is 2.96. The molecular formula is C13H14ClN3. The third-order valence-corrected chi connectivity index (χ3v) is 2.75. The number of halogens is 1.